The third-order valence-electron chi connectivity index (χ3n) is 4.86. The Kier molecular flexibility index (Phi) is 6.44. The average molecular weight is 386 g/mol. The molecule has 0 aliphatic carbocycles. The maximum atomic E-state index is 14.2. The maximum absolute atomic E-state index is 14.2. The van der Waals surface area contributed by atoms with Gasteiger partial charge in [0.15, 0.2) is 0 Å². The predicted molar refractivity (Wildman–Crippen MR) is 104 cm³/mol. The van der Waals surface area contributed by atoms with E-state index in [1.807, 2.05) is 30.3 Å². The fraction of sp³-hybridized carbons (Fsp3) is 0.333. The summed E-state index contributed by atoms with van der Waals surface area (Å²) in [5, 5.41) is 9.60. The number of hydrogen-bond acceptors (Lipinski definition) is 3. The van der Waals surface area contributed by atoms with Crippen LogP contribution >= 0.6 is 11.6 Å². The van der Waals surface area contributed by atoms with E-state index in [1.165, 1.54) is 11.0 Å². The monoisotopic (exact) mass is 385 g/mol. The minimum atomic E-state index is -0.465. The second-order valence-electron chi connectivity index (χ2n) is 6.55. The molecular formula is C21H21ClFN3O. The van der Waals surface area contributed by atoms with E-state index in [0.717, 1.165) is 24.9 Å². The summed E-state index contributed by atoms with van der Waals surface area (Å²) in [6.45, 7) is 1.11. The van der Waals surface area contributed by atoms with Crippen LogP contribution in [0.3, 0.4) is 0 Å². The van der Waals surface area contributed by atoms with Crippen molar-refractivity contribution in [2.45, 2.75) is 25.3 Å². The first kappa shape index (κ1) is 19.3. The van der Waals surface area contributed by atoms with Crippen LogP contribution in [-0.4, -0.2) is 30.4 Å². The van der Waals surface area contributed by atoms with Crippen LogP contribution in [0.15, 0.2) is 48.5 Å². The van der Waals surface area contributed by atoms with Gasteiger partial charge < -0.3 is 4.90 Å². The number of likely N-dealkylation sites (tertiary alicyclic amines) is 1. The molecule has 2 aromatic carbocycles. The van der Waals surface area contributed by atoms with E-state index in [9.17, 15) is 9.18 Å². The Morgan fingerprint density at radius 2 is 2.00 bits per heavy atom. The number of hydrogen-bond donors (Lipinski definition) is 0. The van der Waals surface area contributed by atoms with Crippen molar-refractivity contribution >= 4 is 23.2 Å². The molecule has 0 radical (unpaired) electrons. The zero-order valence-electron chi connectivity index (χ0n) is 14.9. The number of carbonyl (C=O) groups excluding carboxylic acids is 1. The van der Waals surface area contributed by atoms with Crippen LogP contribution in [0.1, 0.15) is 30.9 Å². The van der Waals surface area contributed by atoms with Crippen molar-refractivity contribution in [1.82, 2.24) is 4.90 Å². The Hall–Kier alpha value is -2.42. The summed E-state index contributed by atoms with van der Waals surface area (Å²) >= 11 is 6.35. The van der Waals surface area contributed by atoms with E-state index in [0.29, 0.717) is 5.02 Å². The van der Waals surface area contributed by atoms with Crippen molar-refractivity contribution in [3.05, 3.63) is 64.9 Å². The van der Waals surface area contributed by atoms with Crippen molar-refractivity contribution in [2.24, 2.45) is 0 Å². The van der Waals surface area contributed by atoms with E-state index in [4.69, 9.17) is 16.9 Å². The molecule has 3 rings (SSSR count). The first-order valence-corrected chi connectivity index (χ1v) is 9.40. The molecule has 0 unspecified atom stereocenters. The molecule has 1 amide bonds. The minimum absolute atomic E-state index is 0.0705. The number of benzene rings is 2. The van der Waals surface area contributed by atoms with E-state index < -0.39 is 5.82 Å². The van der Waals surface area contributed by atoms with Gasteiger partial charge in [0.05, 0.1) is 24.7 Å². The molecule has 1 saturated heterocycles. The highest BCUT2D eigenvalue weighted by molar-refractivity contribution is 6.31. The number of amides is 1. The summed E-state index contributed by atoms with van der Waals surface area (Å²) in [5.74, 6) is -0.679. The minimum Gasteiger partial charge on any atom is -0.308 e. The predicted octanol–water partition coefficient (Wildman–Crippen LogP) is 4.56. The van der Waals surface area contributed by atoms with Gasteiger partial charge in [-0.15, -0.1) is 0 Å². The molecule has 1 fully saturated rings. The summed E-state index contributed by atoms with van der Waals surface area (Å²) in [6, 6.07) is 15.9. The van der Waals surface area contributed by atoms with Gasteiger partial charge in [-0.1, -0.05) is 41.9 Å². The van der Waals surface area contributed by atoms with Gasteiger partial charge in [0.25, 0.3) is 0 Å². The van der Waals surface area contributed by atoms with E-state index in [1.54, 1.807) is 18.2 Å². The molecule has 2 aromatic rings. The van der Waals surface area contributed by atoms with Crippen molar-refractivity contribution in [3.8, 4) is 6.07 Å². The van der Waals surface area contributed by atoms with Crippen LogP contribution in [-0.2, 0) is 4.79 Å². The van der Waals surface area contributed by atoms with Gasteiger partial charge >= 0.3 is 0 Å². The highest BCUT2D eigenvalue weighted by Gasteiger charge is 2.30. The zero-order valence-corrected chi connectivity index (χ0v) is 15.7. The fourth-order valence-electron chi connectivity index (χ4n) is 3.58. The standard InChI is InChI=1S/C21H21ClFN3O/c22-17-8-2-1-7-16(17)19-11-5-13-25(19)15-21(27)26(14-6-12-24)20-10-4-3-9-18(20)23/h1-4,7-10,19H,5-6,11,13-15H2/t19-/m0/s1. The molecule has 0 N–H and O–H groups in total. The number of halogens is 2. The molecule has 140 valence electrons. The van der Waals surface area contributed by atoms with Crippen LogP contribution in [0.25, 0.3) is 0 Å². The summed E-state index contributed by atoms with van der Waals surface area (Å²) < 4.78 is 14.2. The van der Waals surface area contributed by atoms with Crippen LogP contribution in [0, 0.1) is 17.1 Å². The topological polar surface area (TPSA) is 47.3 Å². The van der Waals surface area contributed by atoms with Crippen LogP contribution in [0.2, 0.25) is 5.02 Å². The Bertz CT molecular complexity index is 851. The van der Waals surface area contributed by atoms with Crippen molar-refractivity contribution in [3.63, 3.8) is 0 Å². The normalized spacial score (nSPS) is 16.9. The molecular weight excluding hydrogens is 365 g/mol. The van der Waals surface area contributed by atoms with Crippen LogP contribution < -0.4 is 4.90 Å². The lowest BCUT2D eigenvalue weighted by atomic mass is 10.0. The summed E-state index contributed by atoms with van der Waals surface area (Å²) in [5.41, 5.74) is 1.23. The molecule has 0 aromatic heterocycles. The molecule has 1 heterocycles. The quantitative estimate of drug-likeness (QED) is 0.732. The summed E-state index contributed by atoms with van der Waals surface area (Å²) in [7, 11) is 0. The lowest BCUT2D eigenvalue weighted by molar-refractivity contribution is -0.120. The van der Waals surface area contributed by atoms with Gasteiger partial charge in [-0.2, -0.15) is 5.26 Å². The number of anilines is 1. The maximum Gasteiger partial charge on any atom is 0.241 e. The van der Waals surface area contributed by atoms with Crippen LogP contribution in [0.5, 0.6) is 0 Å². The first-order chi connectivity index (χ1) is 13.1. The number of nitriles is 1. The van der Waals surface area contributed by atoms with E-state index >= 15 is 0 Å². The van der Waals surface area contributed by atoms with Crippen molar-refractivity contribution in [1.29, 1.82) is 5.26 Å². The van der Waals surface area contributed by atoms with Crippen LogP contribution in [0.4, 0.5) is 10.1 Å². The van der Waals surface area contributed by atoms with E-state index in [2.05, 4.69) is 4.90 Å². The second kappa shape index (κ2) is 8.98. The Morgan fingerprint density at radius 1 is 1.26 bits per heavy atom. The molecule has 0 saturated carbocycles. The number of para-hydroxylation sites is 1. The number of carbonyl (C=O) groups is 1. The smallest absolute Gasteiger partial charge is 0.241 e. The van der Waals surface area contributed by atoms with Gasteiger partial charge in [0.2, 0.25) is 5.91 Å². The van der Waals surface area contributed by atoms with Gasteiger partial charge in [0, 0.05) is 17.6 Å². The average Bonchev–Trinajstić information content (AvgIpc) is 3.11. The summed E-state index contributed by atoms with van der Waals surface area (Å²) in [4.78, 5) is 16.5. The zero-order chi connectivity index (χ0) is 19.2. The SMILES string of the molecule is N#CCCN(C(=O)CN1CCC[C@H]1c1ccccc1Cl)c1ccccc1F. The third kappa shape index (κ3) is 4.47. The van der Waals surface area contributed by atoms with Gasteiger partial charge in [0.1, 0.15) is 5.82 Å². The Balaban J connectivity index is 1.80. The molecule has 1 aliphatic rings. The second-order valence-corrected chi connectivity index (χ2v) is 6.96. The molecule has 27 heavy (non-hydrogen) atoms. The highest BCUT2D eigenvalue weighted by Crippen LogP contribution is 2.35. The lowest BCUT2D eigenvalue weighted by Gasteiger charge is -2.29. The molecule has 1 aliphatic heterocycles. The Morgan fingerprint density at radius 3 is 2.74 bits per heavy atom. The molecule has 0 spiro atoms. The Labute approximate surface area is 163 Å². The van der Waals surface area contributed by atoms with Crippen molar-refractivity contribution in [2.75, 3.05) is 24.5 Å². The number of rotatable bonds is 6. The first-order valence-electron chi connectivity index (χ1n) is 9.02. The van der Waals surface area contributed by atoms with Gasteiger partial charge in [-0.05, 0) is 43.1 Å². The molecule has 1 atom stereocenters. The highest BCUT2D eigenvalue weighted by atomic mass is 35.5. The lowest BCUT2D eigenvalue weighted by Crippen LogP contribution is -2.41. The fourth-order valence-corrected chi connectivity index (χ4v) is 3.85. The third-order valence-corrected chi connectivity index (χ3v) is 5.20. The molecule has 6 heteroatoms. The largest absolute Gasteiger partial charge is 0.308 e. The van der Waals surface area contributed by atoms with Crippen molar-refractivity contribution < 1.29 is 9.18 Å². The summed E-state index contributed by atoms with van der Waals surface area (Å²) in [6.07, 6.45) is 2.05. The van der Waals surface area contributed by atoms with Gasteiger partial charge in [-0.3, -0.25) is 9.69 Å². The van der Waals surface area contributed by atoms with E-state index in [-0.39, 0.29) is 37.1 Å². The van der Waals surface area contributed by atoms with Gasteiger partial charge in [-0.25, -0.2) is 4.39 Å². The molecule has 4 nitrogen and oxygen atoms in total. The number of nitrogens with zero attached hydrogens (tertiary/aromatic N) is 3. The molecule has 0 bridgehead atoms.